The minimum absolute atomic E-state index is 0. The Hall–Kier alpha value is -1.89. The number of hydrogen-bond acceptors (Lipinski definition) is 9. The SMILES string of the molecule is Cl.Cn1cc(N)cc1C(=O)Nc1cc(C(=O)Nc2ccc3c(S(=O)(=O)[O-])cccc3c2S(=O)(=O)[O-])n(C)c1.[Na+].[Na+]. The topological polar surface area (TPSA) is 208 Å². The first-order valence-electron chi connectivity index (χ1n) is 10.3. The number of nitrogens with two attached hydrogens (primary N) is 1. The van der Waals surface area contributed by atoms with Crippen LogP contribution in [0.1, 0.15) is 21.0 Å². The maximum atomic E-state index is 13.0. The summed E-state index contributed by atoms with van der Waals surface area (Å²) in [5.41, 5.74) is 6.17. The molecule has 2 heterocycles. The third kappa shape index (κ3) is 7.49. The monoisotopic (exact) mass is 627 g/mol. The molecule has 0 saturated heterocycles. The number of nitrogen functional groups attached to an aromatic ring is 1. The molecule has 0 saturated carbocycles. The summed E-state index contributed by atoms with van der Waals surface area (Å²) in [4.78, 5) is 23.9. The van der Waals surface area contributed by atoms with Gasteiger partial charge in [0.2, 0.25) is 0 Å². The summed E-state index contributed by atoms with van der Waals surface area (Å²) < 4.78 is 74.0. The van der Waals surface area contributed by atoms with Gasteiger partial charge in [0.15, 0.2) is 0 Å². The zero-order chi connectivity index (χ0) is 27.3. The van der Waals surface area contributed by atoms with Crippen LogP contribution in [-0.2, 0) is 34.3 Å². The smallest absolute Gasteiger partial charge is 0.744 e. The summed E-state index contributed by atoms with van der Waals surface area (Å²) in [5, 5.41) is 4.34. The summed E-state index contributed by atoms with van der Waals surface area (Å²) in [6.45, 7) is 0. The van der Waals surface area contributed by atoms with Gasteiger partial charge in [0.1, 0.15) is 31.6 Å². The average molecular weight is 628 g/mol. The standard InChI is InChI=1S/C22H21N5O8S2.ClH.2Na/c1-26-10-12(23)8-17(26)21(28)24-13-9-18(27(2)11-13)22(29)25-16-7-6-14-15(20(16)37(33,34)35)4-3-5-19(14)36(30,31)32;;;/h3-11H,23H2,1-2H3,(H,24,28)(H,25,29)(H,30,31,32)(H,33,34,35);1H;;/q;;2*+1/p-2. The molecule has 13 nitrogen and oxygen atoms in total. The number of hydrogen-bond donors (Lipinski definition) is 3. The summed E-state index contributed by atoms with van der Waals surface area (Å²) >= 11 is 0. The summed E-state index contributed by atoms with van der Waals surface area (Å²) in [7, 11) is -7.09. The number of halogens is 1. The van der Waals surface area contributed by atoms with Gasteiger partial charge in [-0.3, -0.25) is 9.59 Å². The number of fused-ring (bicyclic) bond motifs is 1. The van der Waals surface area contributed by atoms with Crippen molar-refractivity contribution in [3.63, 3.8) is 0 Å². The first kappa shape index (κ1) is 36.1. The quantitative estimate of drug-likeness (QED) is 0.140. The molecule has 0 unspecified atom stereocenters. The summed E-state index contributed by atoms with van der Waals surface area (Å²) in [6.07, 6.45) is 3.00. The largest absolute Gasteiger partial charge is 1.00 e. The van der Waals surface area contributed by atoms with Gasteiger partial charge in [-0.25, -0.2) is 16.8 Å². The first-order chi connectivity index (χ1) is 17.2. The van der Waals surface area contributed by atoms with Gasteiger partial charge in [0.25, 0.3) is 11.8 Å². The zero-order valence-electron chi connectivity index (χ0n) is 21.7. The molecule has 0 aliphatic rings. The Morgan fingerprint density at radius 1 is 0.800 bits per heavy atom. The van der Waals surface area contributed by atoms with Crippen molar-refractivity contribution in [2.75, 3.05) is 16.4 Å². The van der Waals surface area contributed by atoms with Gasteiger partial charge >= 0.3 is 59.1 Å². The van der Waals surface area contributed by atoms with Crippen LogP contribution in [0.15, 0.2) is 64.6 Å². The van der Waals surface area contributed by atoms with Crippen molar-refractivity contribution >= 4 is 72.3 Å². The number of nitrogens with one attached hydrogen (secondary N) is 2. The molecule has 0 bridgehead atoms. The Kier molecular flexibility index (Phi) is 12.1. The predicted molar refractivity (Wildman–Crippen MR) is 138 cm³/mol. The van der Waals surface area contributed by atoms with Gasteiger partial charge in [0, 0.05) is 37.3 Å². The van der Waals surface area contributed by atoms with Gasteiger partial charge in [-0.2, -0.15) is 0 Å². The van der Waals surface area contributed by atoms with E-state index in [2.05, 4.69) is 10.6 Å². The van der Waals surface area contributed by atoms with Crippen molar-refractivity contribution in [2.24, 2.45) is 14.1 Å². The minimum Gasteiger partial charge on any atom is -0.744 e. The second-order valence-corrected chi connectivity index (χ2v) is 10.8. The molecule has 0 fully saturated rings. The molecule has 4 aromatic rings. The maximum Gasteiger partial charge on any atom is 1.00 e. The number of aromatic nitrogens is 2. The molecule has 0 radical (unpaired) electrons. The van der Waals surface area contributed by atoms with E-state index in [4.69, 9.17) is 5.73 Å². The van der Waals surface area contributed by atoms with Crippen LogP contribution < -0.4 is 75.5 Å². The number of amides is 2. The molecule has 0 aliphatic heterocycles. The van der Waals surface area contributed by atoms with E-state index in [0.717, 1.165) is 30.3 Å². The second kappa shape index (κ2) is 13.4. The number of rotatable bonds is 6. The van der Waals surface area contributed by atoms with E-state index in [1.807, 2.05) is 0 Å². The van der Waals surface area contributed by atoms with Crippen molar-refractivity contribution < 1.29 is 94.6 Å². The van der Waals surface area contributed by atoms with Crippen LogP contribution in [-0.4, -0.2) is 46.9 Å². The molecule has 2 aromatic carbocycles. The third-order valence-corrected chi connectivity index (χ3v) is 7.33. The van der Waals surface area contributed by atoms with Crippen LogP contribution in [0.25, 0.3) is 10.8 Å². The molecule has 0 spiro atoms. The van der Waals surface area contributed by atoms with Crippen molar-refractivity contribution in [3.8, 4) is 0 Å². The molecule has 2 aromatic heterocycles. The third-order valence-electron chi connectivity index (χ3n) is 5.49. The number of aryl methyl sites for hydroxylation is 2. The average Bonchev–Trinajstić information content (AvgIpc) is 3.31. The zero-order valence-corrected chi connectivity index (χ0v) is 28.1. The van der Waals surface area contributed by atoms with Crippen LogP contribution in [0, 0.1) is 0 Å². The molecule has 4 rings (SSSR count). The number of carbonyl (C=O) groups excluding carboxylic acids is 2. The van der Waals surface area contributed by atoms with E-state index >= 15 is 0 Å². The van der Waals surface area contributed by atoms with E-state index in [0.29, 0.717) is 5.69 Å². The van der Waals surface area contributed by atoms with Crippen LogP contribution in [0.2, 0.25) is 0 Å². The molecule has 2 amide bonds. The van der Waals surface area contributed by atoms with Gasteiger partial charge < -0.3 is 34.6 Å². The van der Waals surface area contributed by atoms with Crippen molar-refractivity contribution in [2.45, 2.75) is 9.79 Å². The fourth-order valence-electron chi connectivity index (χ4n) is 3.94. The molecule has 4 N–H and O–H groups in total. The Morgan fingerprint density at radius 3 is 1.93 bits per heavy atom. The molecule has 40 heavy (non-hydrogen) atoms. The normalized spacial score (nSPS) is 11.1. The summed E-state index contributed by atoms with van der Waals surface area (Å²) in [6, 6.07) is 8.18. The first-order valence-corrected chi connectivity index (χ1v) is 13.2. The van der Waals surface area contributed by atoms with E-state index in [9.17, 15) is 35.5 Å². The van der Waals surface area contributed by atoms with Gasteiger partial charge in [-0.05, 0) is 24.3 Å². The Balaban J connectivity index is 0.00000267. The predicted octanol–water partition coefficient (Wildman–Crippen LogP) is -4.16. The van der Waals surface area contributed by atoms with Crippen molar-refractivity contribution in [1.29, 1.82) is 0 Å². The molecule has 202 valence electrons. The Bertz CT molecular complexity index is 1820. The van der Waals surface area contributed by atoms with Crippen molar-refractivity contribution in [1.82, 2.24) is 9.13 Å². The van der Waals surface area contributed by atoms with Crippen LogP contribution in [0.3, 0.4) is 0 Å². The van der Waals surface area contributed by atoms with Crippen LogP contribution >= 0.6 is 12.4 Å². The Morgan fingerprint density at radius 2 is 1.38 bits per heavy atom. The summed E-state index contributed by atoms with van der Waals surface area (Å²) in [5.74, 6) is -1.32. The van der Waals surface area contributed by atoms with Crippen LogP contribution in [0.4, 0.5) is 17.1 Å². The van der Waals surface area contributed by atoms with Gasteiger partial charge in [-0.15, -0.1) is 12.4 Å². The number of benzene rings is 2. The van der Waals surface area contributed by atoms with Gasteiger partial charge in [0.05, 0.1) is 26.9 Å². The second-order valence-electron chi connectivity index (χ2n) is 8.10. The Labute approximate surface area is 280 Å². The molecular weight excluding hydrogens is 608 g/mol. The molecular formula is C22H20ClN5Na2O8S2. The maximum absolute atomic E-state index is 13.0. The number of nitrogens with zero attached hydrogens (tertiary/aromatic N) is 2. The fraction of sp³-hybridized carbons (Fsp3) is 0.0909. The molecule has 0 aliphatic carbocycles. The molecule has 0 atom stereocenters. The van der Waals surface area contributed by atoms with E-state index in [1.54, 1.807) is 13.2 Å². The molecule has 18 heteroatoms. The van der Waals surface area contributed by atoms with Crippen molar-refractivity contribution in [3.05, 3.63) is 66.2 Å². The van der Waals surface area contributed by atoms with E-state index < -0.39 is 47.5 Å². The van der Waals surface area contributed by atoms with Crippen LogP contribution in [0.5, 0.6) is 0 Å². The van der Waals surface area contributed by atoms with Gasteiger partial charge in [-0.1, -0.05) is 18.2 Å². The fourth-order valence-corrected chi connectivity index (χ4v) is 5.47. The van der Waals surface area contributed by atoms with E-state index in [1.165, 1.54) is 34.5 Å². The van der Waals surface area contributed by atoms with E-state index in [-0.39, 0.29) is 99.4 Å². The number of anilines is 3. The minimum atomic E-state index is -5.24. The number of carbonyl (C=O) groups is 2.